The lowest BCUT2D eigenvalue weighted by atomic mass is 10.1. The zero-order valence-electron chi connectivity index (χ0n) is 8.24. The van der Waals surface area contributed by atoms with E-state index in [0.29, 0.717) is 5.56 Å². The summed E-state index contributed by atoms with van der Waals surface area (Å²) in [7, 11) is 1.24. The maximum Gasteiger partial charge on any atom is 0.330 e. The number of methoxy groups -OCH3 is 1. The van der Waals surface area contributed by atoms with Crippen LogP contribution in [0.3, 0.4) is 0 Å². The lowest BCUT2D eigenvalue weighted by molar-refractivity contribution is -0.134. The molecule has 0 saturated heterocycles. The van der Waals surface area contributed by atoms with E-state index in [1.54, 1.807) is 0 Å². The van der Waals surface area contributed by atoms with Gasteiger partial charge in [-0.05, 0) is 23.8 Å². The van der Waals surface area contributed by atoms with Crippen molar-refractivity contribution >= 4 is 12.0 Å². The van der Waals surface area contributed by atoms with Crippen molar-refractivity contribution in [1.82, 2.24) is 0 Å². The third-order valence-corrected chi connectivity index (χ3v) is 1.84. The fourth-order valence-electron chi connectivity index (χ4n) is 1.05. The van der Waals surface area contributed by atoms with Crippen LogP contribution in [0.5, 0.6) is 0 Å². The second kappa shape index (κ2) is 5.26. The van der Waals surface area contributed by atoms with Crippen LogP contribution < -0.4 is 0 Å². The number of rotatable bonds is 3. The van der Waals surface area contributed by atoms with E-state index in [0.717, 1.165) is 6.08 Å². The van der Waals surface area contributed by atoms with Crippen LogP contribution in [0.2, 0.25) is 0 Å². The Bertz CT molecular complexity index is 385. The monoisotopic (exact) mass is 210 g/mol. The number of hydrogen-bond acceptors (Lipinski definition) is 3. The van der Waals surface area contributed by atoms with E-state index in [4.69, 9.17) is 5.11 Å². The van der Waals surface area contributed by atoms with E-state index in [-0.39, 0.29) is 12.2 Å². The molecule has 80 valence electrons. The second-order valence-corrected chi connectivity index (χ2v) is 2.87. The number of hydrogen-bond donors (Lipinski definition) is 1. The maximum absolute atomic E-state index is 13.2. The van der Waals surface area contributed by atoms with Crippen molar-refractivity contribution in [3.05, 3.63) is 41.2 Å². The van der Waals surface area contributed by atoms with Gasteiger partial charge in [-0.3, -0.25) is 0 Å². The molecule has 0 amide bonds. The van der Waals surface area contributed by atoms with Crippen LogP contribution >= 0.6 is 0 Å². The number of ether oxygens (including phenoxy) is 1. The van der Waals surface area contributed by atoms with Gasteiger partial charge in [0.25, 0.3) is 0 Å². The minimum absolute atomic E-state index is 0.167. The van der Waals surface area contributed by atoms with Gasteiger partial charge in [-0.15, -0.1) is 0 Å². The van der Waals surface area contributed by atoms with Gasteiger partial charge in [0, 0.05) is 11.6 Å². The average molecular weight is 210 g/mol. The minimum Gasteiger partial charge on any atom is -0.466 e. The highest BCUT2D eigenvalue weighted by molar-refractivity contribution is 5.86. The highest BCUT2D eigenvalue weighted by Gasteiger charge is 2.01. The molecule has 0 aliphatic rings. The van der Waals surface area contributed by atoms with Crippen LogP contribution in [0.1, 0.15) is 11.1 Å². The van der Waals surface area contributed by atoms with Crippen molar-refractivity contribution in [2.45, 2.75) is 6.61 Å². The van der Waals surface area contributed by atoms with E-state index < -0.39 is 11.8 Å². The summed E-state index contributed by atoms with van der Waals surface area (Å²) in [6.07, 6.45) is 2.43. The zero-order valence-corrected chi connectivity index (χ0v) is 8.24. The first kappa shape index (κ1) is 11.4. The van der Waals surface area contributed by atoms with Crippen LogP contribution in [0, 0.1) is 5.82 Å². The molecule has 0 radical (unpaired) electrons. The summed E-state index contributed by atoms with van der Waals surface area (Å²) >= 11 is 0. The van der Waals surface area contributed by atoms with Crippen LogP contribution in [0.15, 0.2) is 24.3 Å². The fourth-order valence-corrected chi connectivity index (χ4v) is 1.05. The van der Waals surface area contributed by atoms with Crippen LogP contribution in [-0.2, 0) is 16.1 Å². The molecule has 0 fully saturated rings. The number of carbonyl (C=O) groups is 1. The SMILES string of the molecule is COC(=O)C=Cc1cc(CO)ccc1F. The smallest absolute Gasteiger partial charge is 0.330 e. The Balaban J connectivity index is 2.93. The summed E-state index contributed by atoms with van der Waals surface area (Å²) in [5, 5.41) is 8.84. The van der Waals surface area contributed by atoms with Gasteiger partial charge >= 0.3 is 5.97 Å². The van der Waals surface area contributed by atoms with E-state index in [1.807, 2.05) is 0 Å². The average Bonchev–Trinajstić information content (AvgIpc) is 2.27. The first-order valence-electron chi connectivity index (χ1n) is 4.32. The summed E-state index contributed by atoms with van der Waals surface area (Å²) in [5.74, 6) is -1.00. The molecule has 0 bridgehead atoms. The van der Waals surface area contributed by atoms with Crippen molar-refractivity contribution in [1.29, 1.82) is 0 Å². The molecule has 1 N–H and O–H groups in total. The molecule has 1 aromatic rings. The summed E-state index contributed by atoms with van der Waals surface area (Å²) in [4.78, 5) is 10.8. The standard InChI is InChI=1S/C11H11FO3/c1-15-11(14)5-3-9-6-8(7-13)2-4-10(9)12/h2-6,13H,7H2,1H3. The molecule has 0 unspecified atom stereocenters. The van der Waals surface area contributed by atoms with E-state index in [9.17, 15) is 9.18 Å². The number of benzene rings is 1. The van der Waals surface area contributed by atoms with Gasteiger partial charge in [-0.2, -0.15) is 0 Å². The summed E-state index contributed by atoms with van der Waals surface area (Å²) in [5.41, 5.74) is 0.827. The molecule has 1 rings (SSSR count). The van der Waals surface area contributed by atoms with Gasteiger partial charge in [0.15, 0.2) is 0 Å². The minimum atomic E-state index is -0.552. The molecule has 0 saturated carbocycles. The summed E-state index contributed by atoms with van der Waals surface area (Å²) < 4.78 is 17.5. The second-order valence-electron chi connectivity index (χ2n) is 2.87. The number of aliphatic hydroxyl groups excluding tert-OH is 1. The van der Waals surface area contributed by atoms with Crippen molar-refractivity contribution in [2.75, 3.05) is 7.11 Å². The number of carbonyl (C=O) groups excluding carboxylic acids is 1. The molecule has 0 aliphatic carbocycles. The predicted molar refractivity (Wildman–Crippen MR) is 53.4 cm³/mol. The molecule has 0 atom stereocenters. The van der Waals surface area contributed by atoms with Gasteiger partial charge < -0.3 is 9.84 Å². The molecule has 0 spiro atoms. The van der Waals surface area contributed by atoms with Gasteiger partial charge in [0.05, 0.1) is 13.7 Å². The Morgan fingerprint density at radius 1 is 1.60 bits per heavy atom. The van der Waals surface area contributed by atoms with E-state index >= 15 is 0 Å². The van der Waals surface area contributed by atoms with Crippen molar-refractivity contribution < 1.29 is 19.0 Å². The van der Waals surface area contributed by atoms with Crippen LogP contribution in [-0.4, -0.2) is 18.2 Å². The molecular weight excluding hydrogens is 199 g/mol. The van der Waals surface area contributed by atoms with Crippen LogP contribution in [0.4, 0.5) is 4.39 Å². The van der Waals surface area contributed by atoms with Crippen molar-refractivity contribution in [2.24, 2.45) is 0 Å². The topological polar surface area (TPSA) is 46.5 Å². The summed E-state index contributed by atoms with van der Waals surface area (Å²) in [6.45, 7) is -0.167. The molecule has 0 aromatic heterocycles. The van der Waals surface area contributed by atoms with Crippen molar-refractivity contribution in [3.8, 4) is 0 Å². The summed E-state index contributed by atoms with van der Waals surface area (Å²) in [6, 6.07) is 4.18. The van der Waals surface area contributed by atoms with Gasteiger partial charge in [0.2, 0.25) is 0 Å². The third-order valence-electron chi connectivity index (χ3n) is 1.84. The lowest BCUT2D eigenvalue weighted by Gasteiger charge is -2.00. The highest BCUT2D eigenvalue weighted by Crippen LogP contribution is 2.12. The lowest BCUT2D eigenvalue weighted by Crippen LogP contribution is -1.94. The Morgan fingerprint density at radius 2 is 2.33 bits per heavy atom. The molecule has 0 heterocycles. The Hall–Kier alpha value is -1.68. The van der Waals surface area contributed by atoms with E-state index in [1.165, 1.54) is 31.4 Å². The molecular formula is C11H11FO3. The first-order chi connectivity index (χ1) is 7.17. The predicted octanol–water partition coefficient (Wildman–Crippen LogP) is 1.50. The zero-order chi connectivity index (χ0) is 11.3. The Labute approximate surface area is 86.8 Å². The Morgan fingerprint density at radius 3 is 2.93 bits per heavy atom. The van der Waals surface area contributed by atoms with Gasteiger partial charge in [0.1, 0.15) is 5.82 Å². The fraction of sp³-hybridized carbons (Fsp3) is 0.182. The largest absolute Gasteiger partial charge is 0.466 e. The van der Waals surface area contributed by atoms with Crippen molar-refractivity contribution in [3.63, 3.8) is 0 Å². The number of aliphatic hydroxyl groups is 1. The number of esters is 1. The molecule has 4 heteroatoms. The van der Waals surface area contributed by atoms with Gasteiger partial charge in [-0.1, -0.05) is 6.07 Å². The van der Waals surface area contributed by atoms with Gasteiger partial charge in [-0.25, -0.2) is 9.18 Å². The maximum atomic E-state index is 13.2. The molecule has 1 aromatic carbocycles. The molecule has 3 nitrogen and oxygen atoms in total. The van der Waals surface area contributed by atoms with E-state index in [2.05, 4.69) is 4.74 Å². The first-order valence-corrected chi connectivity index (χ1v) is 4.32. The highest BCUT2D eigenvalue weighted by atomic mass is 19.1. The third kappa shape index (κ3) is 3.18. The number of halogens is 1. The molecule has 0 aliphatic heterocycles. The molecule has 15 heavy (non-hydrogen) atoms. The van der Waals surface area contributed by atoms with Crippen LogP contribution in [0.25, 0.3) is 6.08 Å². The normalized spacial score (nSPS) is 10.6. The Kier molecular flexibility index (Phi) is 4.00. The quantitative estimate of drug-likeness (QED) is 0.607.